The molecule has 2 aromatic carbocycles. The zero-order valence-electron chi connectivity index (χ0n) is 11.6. The van der Waals surface area contributed by atoms with Gasteiger partial charge in [0, 0.05) is 17.8 Å². The van der Waals surface area contributed by atoms with Crippen molar-refractivity contribution < 1.29 is 0 Å². The number of fused-ring (bicyclic) bond motifs is 1. The zero-order valence-corrected chi connectivity index (χ0v) is 13.1. The lowest BCUT2D eigenvalue weighted by atomic mass is 10.2. The molecule has 0 fully saturated rings. The summed E-state index contributed by atoms with van der Waals surface area (Å²) in [6.45, 7) is 2.95. The van der Waals surface area contributed by atoms with E-state index in [1.54, 1.807) is 6.07 Å². The molecule has 0 saturated heterocycles. The predicted octanol–water partition coefficient (Wildman–Crippen LogP) is 5.00. The van der Waals surface area contributed by atoms with Crippen molar-refractivity contribution in [3.05, 3.63) is 46.4 Å². The van der Waals surface area contributed by atoms with E-state index in [-0.39, 0.29) is 0 Å². The molecule has 5 heteroatoms. The molecular weight excluding hydrogens is 305 g/mol. The monoisotopic (exact) mass is 319 g/mol. The Labute approximate surface area is 133 Å². The minimum Gasteiger partial charge on any atom is -0.399 e. The number of nitrogen functional groups attached to an aromatic ring is 1. The maximum absolute atomic E-state index is 6.35. The summed E-state index contributed by atoms with van der Waals surface area (Å²) < 4.78 is 2.12. The number of imidazole rings is 1. The maximum Gasteiger partial charge on any atom is 0.142 e. The van der Waals surface area contributed by atoms with Gasteiger partial charge in [0.15, 0.2) is 0 Å². The highest BCUT2D eigenvalue weighted by Gasteiger charge is 2.16. The third kappa shape index (κ3) is 2.47. The van der Waals surface area contributed by atoms with Gasteiger partial charge in [0.25, 0.3) is 0 Å². The molecule has 0 unspecified atom stereocenters. The molecule has 3 rings (SSSR count). The van der Waals surface area contributed by atoms with E-state index >= 15 is 0 Å². The fraction of sp³-hybridized carbons (Fsp3) is 0.188. The van der Waals surface area contributed by atoms with E-state index in [0.29, 0.717) is 15.7 Å². The standard InChI is InChI=1S/C16H15Cl2N3/c1-2-8-21-15-12(17)4-3-5-14(15)20-16(21)11-7-6-10(19)9-13(11)18/h3-7,9H,2,8,19H2,1H3. The topological polar surface area (TPSA) is 43.8 Å². The number of anilines is 1. The van der Waals surface area contributed by atoms with Crippen LogP contribution in [0.2, 0.25) is 10.0 Å². The number of aryl methyl sites for hydroxylation is 1. The molecule has 0 spiro atoms. The van der Waals surface area contributed by atoms with Crippen LogP contribution in [0.3, 0.4) is 0 Å². The summed E-state index contributed by atoms with van der Waals surface area (Å²) in [5.41, 5.74) is 9.10. The minimum atomic E-state index is 0.596. The second-order valence-corrected chi connectivity index (χ2v) is 5.75. The Morgan fingerprint density at radius 1 is 1.14 bits per heavy atom. The van der Waals surface area contributed by atoms with E-state index in [4.69, 9.17) is 33.9 Å². The van der Waals surface area contributed by atoms with Crippen LogP contribution in [0.4, 0.5) is 5.69 Å². The van der Waals surface area contributed by atoms with Gasteiger partial charge >= 0.3 is 0 Å². The van der Waals surface area contributed by atoms with Crippen LogP contribution in [0.25, 0.3) is 22.4 Å². The molecule has 2 N–H and O–H groups in total. The van der Waals surface area contributed by atoms with Gasteiger partial charge in [0.05, 0.1) is 21.1 Å². The molecule has 108 valence electrons. The molecule has 3 nitrogen and oxygen atoms in total. The molecule has 0 amide bonds. The molecular formula is C16H15Cl2N3. The van der Waals surface area contributed by atoms with Gasteiger partial charge in [0.1, 0.15) is 5.82 Å². The van der Waals surface area contributed by atoms with Crippen molar-refractivity contribution >= 4 is 39.9 Å². The van der Waals surface area contributed by atoms with E-state index in [1.165, 1.54) is 0 Å². The second kappa shape index (κ2) is 5.58. The van der Waals surface area contributed by atoms with Crippen LogP contribution in [0, 0.1) is 0 Å². The van der Waals surface area contributed by atoms with Crippen LogP contribution in [-0.2, 0) is 6.54 Å². The Morgan fingerprint density at radius 2 is 1.95 bits per heavy atom. The quantitative estimate of drug-likeness (QED) is 0.690. The Kier molecular flexibility index (Phi) is 3.79. The number of rotatable bonds is 3. The Bertz CT molecular complexity index is 809. The van der Waals surface area contributed by atoms with Crippen LogP contribution in [0.1, 0.15) is 13.3 Å². The van der Waals surface area contributed by atoms with E-state index in [0.717, 1.165) is 35.4 Å². The summed E-state index contributed by atoms with van der Waals surface area (Å²) in [6.07, 6.45) is 0.982. The number of para-hydroxylation sites is 1. The molecule has 21 heavy (non-hydrogen) atoms. The van der Waals surface area contributed by atoms with Crippen molar-refractivity contribution in [1.82, 2.24) is 9.55 Å². The van der Waals surface area contributed by atoms with Gasteiger partial charge < -0.3 is 10.3 Å². The normalized spacial score (nSPS) is 11.2. The summed E-state index contributed by atoms with van der Waals surface area (Å²) >= 11 is 12.7. The molecule has 1 aromatic heterocycles. The van der Waals surface area contributed by atoms with Crippen molar-refractivity contribution in [3.8, 4) is 11.4 Å². The smallest absolute Gasteiger partial charge is 0.142 e. The number of halogens is 2. The molecule has 0 aliphatic heterocycles. The van der Waals surface area contributed by atoms with Crippen molar-refractivity contribution in [3.63, 3.8) is 0 Å². The summed E-state index contributed by atoms with van der Waals surface area (Å²) in [6, 6.07) is 11.2. The molecule has 0 radical (unpaired) electrons. The summed E-state index contributed by atoms with van der Waals surface area (Å²) in [7, 11) is 0. The Morgan fingerprint density at radius 3 is 2.67 bits per heavy atom. The number of hydrogen-bond donors (Lipinski definition) is 1. The van der Waals surface area contributed by atoms with E-state index < -0.39 is 0 Å². The molecule has 0 atom stereocenters. The van der Waals surface area contributed by atoms with E-state index in [9.17, 15) is 0 Å². The highest BCUT2D eigenvalue weighted by Crippen LogP contribution is 2.34. The first-order chi connectivity index (χ1) is 10.1. The number of nitrogens with zero attached hydrogens (tertiary/aromatic N) is 2. The summed E-state index contributed by atoms with van der Waals surface area (Å²) in [5, 5.41) is 1.30. The third-order valence-electron chi connectivity index (χ3n) is 3.40. The summed E-state index contributed by atoms with van der Waals surface area (Å²) in [5.74, 6) is 0.824. The average Bonchev–Trinajstić information content (AvgIpc) is 2.79. The first-order valence-corrected chi connectivity index (χ1v) is 7.57. The highest BCUT2D eigenvalue weighted by molar-refractivity contribution is 6.35. The zero-order chi connectivity index (χ0) is 15.0. The molecule has 1 heterocycles. The van der Waals surface area contributed by atoms with Gasteiger partial charge in [-0.1, -0.05) is 36.2 Å². The first-order valence-electron chi connectivity index (χ1n) is 6.82. The highest BCUT2D eigenvalue weighted by atomic mass is 35.5. The van der Waals surface area contributed by atoms with Crippen LogP contribution >= 0.6 is 23.2 Å². The first kappa shape index (κ1) is 14.2. The fourth-order valence-electron chi connectivity index (χ4n) is 2.50. The minimum absolute atomic E-state index is 0.596. The molecule has 0 aliphatic rings. The molecule has 0 aliphatic carbocycles. The van der Waals surface area contributed by atoms with Gasteiger partial charge in [-0.25, -0.2) is 4.98 Å². The number of hydrogen-bond acceptors (Lipinski definition) is 2. The van der Waals surface area contributed by atoms with Crippen LogP contribution in [-0.4, -0.2) is 9.55 Å². The molecule has 0 saturated carbocycles. The van der Waals surface area contributed by atoms with Crippen molar-refractivity contribution in [2.75, 3.05) is 5.73 Å². The Hall–Kier alpha value is -1.71. The van der Waals surface area contributed by atoms with Gasteiger partial charge in [-0.15, -0.1) is 0 Å². The van der Waals surface area contributed by atoms with Crippen molar-refractivity contribution in [1.29, 1.82) is 0 Å². The maximum atomic E-state index is 6.35. The van der Waals surface area contributed by atoms with Crippen LogP contribution < -0.4 is 5.73 Å². The van der Waals surface area contributed by atoms with Gasteiger partial charge in [-0.3, -0.25) is 0 Å². The molecule has 0 bridgehead atoms. The van der Waals surface area contributed by atoms with E-state index in [2.05, 4.69) is 11.5 Å². The predicted molar refractivity (Wildman–Crippen MR) is 89.9 cm³/mol. The van der Waals surface area contributed by atoms with Crippen LogP contribution in [0.5, 0.6) is 0 Å². The lowest BCUT2D eigenvalue weighted by Gasteiger charge is -2.10. The molecule has 3 aromatic rings. The Balaban J connectivity index is 2.31. The average molecular weight is 320 g/mol. The number of benzene rings is 2. The number of nitrogens with two attached hydrogens (primary N) is 1. The lowest BCUT2D eigenvalue weighted by Crippen LogP contribution is -2.00. The van der Waals surface area contributed by atoms with Gasteiger partial charge in [0.2, 0.25) is 0 Å². The van der Waals surface area contributed by atoms with Crippen molar-refractivity contribution in [2.24, 2.45) is 0 Å². The second-order valence-electron chi connectivity index (χ2n) is 4.93. The lowest BCUT2D eigenvalue weighted by molar-refractivity contribution is 0.704. The van der Waals surface area contributed by atoms with Crippen molar-refractivity contribution in [2.45, 2.75) is 19.9 Å². The van der Waals surface area contributed by atoms with E-state index in [1.807, 2.05) is 30.3 Å². The van der Waals surface area contributed by atoms with Crippen LogP contribution in [0.15, 0.2) is 36.4 Å². The summed E-state index contributed by atoms with van der Waals surface area (Å²) in [4.78, 5) is 4.71. The largest absolute Gasteiger partial charge is 0.399 e. The fourth-order valence-corrected chi connectivity index (χ4v) is 3.05. The SMILES string of the molecule is CCCn1c(-c2ccc(N)cc2Cl)nc2cccc(Cl)c21. The number of aromatic nitrogens is 2. The third-order valence-corrected chi connectivity index (χ3v) is 4.02. The van der Waals surface area contributed by atoms with Gasteiger partial charge in [-0.05, 0) is 36.8 Å². The van der Waals surface area contributed by atoms with Gasteiger partial charge in [-0.2, -0.15) is 0 Å².